The van der Waals surface area contributed by atoms with Gasteiger partial charge in [-0.25, -0.2) is 9.59 Å². The van der Waals surface area contributed by atoms with Gasteiger partial charge in [-0.1, -0.05) is 12.1 Å². The fourth-order valence-electron chi connectivity index (χ4n) is 1.11. The number of hydrogen-bond acceptors (Lipinski definition) is 6. The van der Waals surface area contributed by atoms with Crippen LogP contribution in [0.1, 0.15) is 11.7 Å². The molecule has 0 atom stereocenters. The zero-order valence-electron chi connectivity index (χ0n) is 8.27. The molecule has 8 heteroatoms. The van der Waals surface area contributed by atoms with Gasteiger partial charge in [0.2, 0.25) is 12.2 Å². The highest BCUT2D eigenvalue weighted by Crippen LogP contribution is 2.21. The summed E-state index contributed by atoms with van der Waals surface area (Å²) in [4.78, 5) is 26.2. The average molecular weight is 254 g/mol. The Labute approximate surface area is 96.3 Å². The van der Waals surface area contributed by atoms with Gasteiger partial charge in [0.05, 0.1) is 4.90 Å². The van der Waals surface area contributed by atoms with Gasteiger partial charge in [-0.3, -0.25) is 4.55 Å². The Morgan fingerprint density at radius 1 is 1.18 bits per heavy atom. The molecule has 88 valence electrons. The van der Waals surface area contributed by atoms with E-state index in [0.29, 0.717) is 0 Å². The molecule has 0 saturated carbocycles. The Morgan fingerprint density at radius 3 is 2.24 bits per heavy atom. The molecule has 0 radical (unpaired) electrons. The standard InChI is InChI=1S/C9H6N2O5S/c12-5-10-9(11-6-13)7-2-1-3-8(4-7)17(14,15)16/h1-4,9H,(H,14,15,16). The highest BCUT2D eigenvalue weighted by Gasteiger charge is 2.14. The second kappa shape index (κ2) is 5.29. The van der Waals surface area contributed by atoms with E-state index in [2.05, 4.69) is 9.98 Å². The molecule has 1 N–H and O–H groups in total. The maximum Gasteiger partial charge on any atom is 0.294 e. The van der Waals surface area contributed by atoms with E-state index in [9.17, 15) is 18.0 Å². The third-order valence-corrected chi connectivity index (χ3v) is 2.65. The first-order valence-electron chi connectivity index (χ1n) is 4.20. The minimum absolute atomic E-state index is 0.145. The van der Waals surface area contributed by atoms with Gasteiger partial charge in [0.15, 0.2) is 6.17 Å². The van der Waals surface area contributed by atoms with Crippen molar-refractivity contribution < 1.29 is 22.6 Å². The lowest BCUT2D eigenvalue weighted by Crippen LogP contribution is -2.00. The maximum atomic E-state index is 10.9. The number of benzene rings is 1. The highest BCUT2D eigenvalue weighted by atomic mass is 32.2. The first-order valence-corrected chi connectivity index (χ1v) is 5.64. The van der Waals surface area contributed by atoms with Crippen molar-refractivity contribution in [3.63, 3.8) is 0 Å². The molecular weight excluding hydrogens is 248 g/mol. The van der Waals surface area contributed by atoms with Crippen LogP contribution in [0, 0.1) is 0 Å². The molecule has 0 saturated heterocycles. The van der Waals surface area contributed by atoms with Gasteiger partial charge in [-0.05, 0) is 12.1 Å². The van der Waals surface area contributed by atoms with E-state index < -0.39 is 16.3 Å². The molecule has 0 aliphatic rings. The Balaban J connectivity index is 3.31. The van der Waals surface area contributed by atoms with Gasteiger partial charge in [0.1, 0.15) is 0 Å². The van der Waals surface area contributed by atoms with Gasteiger partial charge in [0, 0.05) is 5.56 Å². The predicted molar refractivity (Wildman–Crippen MR) is 55.2 cm³/mol. The van der Waals surface area contributed by atoms with Crippen LogP contribution in [-0.2, 0) is 19.7 Å². The largest absolute Gasteiger partial charge is 0.294 e. The van der Waals surface area contributed by atoms with Crippen LogP contribution in [0.4, 0.5) is 0 Å². The van der Waals surface area contributed by atoms with Crippen molar-refractivity contribution >= 4 is 22.3 Å². The lowest BCUT2D eigenvalue weighted by Gasteiger charge is -2.04. The number of carbonyl (C=O) groups excluding carboxylic acids is 2. The maximum absolute atomic E-state index is 10.9. The summed E-state index contributed by atoms with van der Waals surface area (Å²) in [5.74, 6) is 0. The molecule has 0 aliphatic heterocycles. The third-order valence-electron chi connectivity index (χ3n) is 1.80. The first kappa shape index (κ1) is 13.0. The Bertz CT molecular complexity index is 594. The molecule has 1 aromatic rings. The number of hydrogen-bond donors (Lipinski definition) is 1. The summed E-state index contributed by atoms with van der Waals surface area (Å²) >= 11 is 0. The smallest absolute Gasteiger partial charge is 0.282 e. The van der Waals surface area contributed by atoms with E-state index in [4.69, 9.17) is 4.55 Å². The first-order chi connectivity index (χ1) is 7.99. The molecule has 0 amide bonds. The fourth-order valence-corrected chi connectivity index (χ4v) is 1.65. The monoisotopic (exact) mass is 254 g/mol. The van der Waals surface area contributed by atoms with Crippen molar-refractivity contribution in [3.8, 4) is 0 Å². The molecule has 1 rings (SSSR count). The SMILES string of the molecule is O=C=NC(N=C=O)c1cccc(S(=O)(=O)O)c1. The molecule has 7 nitrogen and oxygen atoms in total. The predicted octanol–water partition coefficient (Wildman–Crippen LogP) is 0.603. The van der Waals surface area contributed by atoms with Crippen molar-refractivity contribution in [2.45, 2.75) is 11.1 Å². The van der Waals surface area contributed by atoms with E-state index >= 15 is 0 Å². The van der Waals surface area contributed by atoms with Crippen molar-refractivity contribution in [2.24, 2.45) is 9.98 Å². The highest BCUT2D eigenvalue weighted by molar-refractivity contribution is 7.85. The van der Waals surface area contributed by atoms with Crippen LogP contribution in [0.3, 0.4) is 0 Å². The summed E-state index contributed by atoms with van der Waals surface area (Å²) < 4.78 is 30.5. The third kappa shape index (κ3) is 3.44. The van der Waals surface area contributed by atoms with Gasteiger partial charge in [0.25, 0.3) is 10.1 Å². The molecule has 0 bridgehead atoms. The summed E-state index contributed by atoms with van der Waals surface area (Å²) in [6, 6.07) is 4.89. The van der Waals surface area contributed by atoms with E-state index in [-0.39, 0.29) is 10.5 Å². The average Bonchev–Trinajstić information content (AvgIpc) is 2.28. The van der Waals surface area contributed by atoms with Gasteiger partial charge < -0.3 is 0 Å². The normalized spacial score (nSPS) is 12.1. The molecule has 0 heterocycles. The Morgan fingerprint density at radius 2 is 1.76 bits per heavy atom. The van der Waals surface area contributed by atoms with Crippen LogP contribution in [0.25, 0.3) is 0 Å². The van der Waals surface area contributed by atoms with Crippen LogP contribution in [0.5, 0.6) is 0 Å². The molecule has 0 aromatic heterocycles. The van der Waals surface area contributed by atoms with Crippen LogP contribution >= 0.6 is 0 Å². The van der Waals surface area contributed by atoms with E-state index in [1.54, 1.807) is 0 Å². The van der Waals surface area contributed by atoms with E-state index in [0.717, 1.165) is 12.1 Å². The summed E-state index contributed by atoms with van der Waals surface area (Å²) in [7, 11) is -4.37. The van der Waals surface area contributed by atoms with Crippen molar-refractivity contribution in [1.82, 2.24) is 0 Å². The van der Waals surface area contributed by atoms with Gasteiger partial charge >= 0.3 is 0 Å². The summed E-state index contributed by atoms with van der Waals surface area (Å²) in [6.07, 6.45) is 1.18. The van der Waals surface area contributed by atoms with Crippen LogP contribution in [0.2, 0.25) is 0 Å². The molecule has 17 heavy (non-hydrogen) atoms. The lowest BCUT2D eigenvalue weighted by atomic mass is 10.2. The molecular formula is C9H6N2O5S. The Kier molecular flexibility index (Phi) is 4.03. The fraction of sp³-hybridized carbons (Fsp3) is 0.111. The summed E-state index contributed by atoms with van der Waals surface area (Å²) in [5.41, 5.74) is 0.145. The second-order valence-electron chi connectivity index (χ2n) is 2.86. The quantitative estimate of drug-likeness (QED) is 0.480. The van der Waals surface area contributed by atoms with E-state index in [1.807, 2.05) is 0 Å². The second-order valence-corrected chi connectivity index (χ2v) is 4.28. The molecule has 0 aliphatic carbocycles. The zero-order valence-corrected chi connectivity index (χ0v) is 9.09. The number of rotatable bonds is 4. The molecule has 0 fully saturated rings. The van der Waals surface area contributed by atoms with Gasteiger partial charge in [-0.15, -0.1) is 0 Å². The molecule has 0 unspecified atom stereocenters. The minimum atomic E-state index is -4.37. The van der Waals surface area contributed by atoms with Crippen LogP contribution < -0.4 is 0 Å². The van der Waals surface area contributed by atoms with Crippen molar-refractivity contribution in [1.29, 1.82) is 0 Å². The Hall–Kier alpha value is -2.11. The number of isocyanates is 2. The van der Waals surface area contributed by atoms with E-state index in [1.165, 1.54) is 24.3 Å². The summed E-state index contributed by atoms with van der Waals surface area (Å²) in [6.45, 7) is 0. The topological polar surface area (TPSA) is 113 Å². The van der Waals surface area contributed by atoms with Crippen LogP contribution in [0.15, 0.2) is 39.1 Å². The molecule has 0 spiro atoms. The zero-order chi connectivity index (χ0) is 12.9. The molecule has 1 aromatic carbocycles. The number of aliphatic imine (C=N–C) groups is 2. The van der Waals surface area contributed by atoms with Crippen molar-refractivity contribution in [2.75, 3.05) is 0 Å². The van der Waals surface area contributed by atoms with Crippen molar-refractivity contribution in [3.05, 3.63) is 29.8 Å². The van der Waals surface area contributed by atoms with Crippen LogP contribution in [-0.4, -0.2) is 25.1 Å². The minimum Gasteiger partial charge on any atom is -0.282 e. The summed E-state index contributed by atoms with van der Waals surface area (Å²) in [5, 5.41) is 0. The number of nitrogens with zero attached hydrogens (tertiary/aromatic N) is 2. The lowest BCUT2D eigenvalue weighted by molar-refractivity contribution is 0.483. The van der Waals surface area contributed by atoms with Gasteiger partial charge in [-0.2, -0.15) is 18.4 Å².